The van der Waals surface area contributed by atoms with E-state index < -0.39 is 56.1 Å². The minimum Gasteiger partial charge on any atom is -0.386 e. The molecule has 0 heterocycles. The van der Waals surface area contributed by atoms with Crippen molar-refractivity contribution in [3.05, 3.63) is 0 Å². The lowest BCUT2D eigenvalue weighted by Gasteiger charge is -2.43. The minimum atomic E-state index is -8.83. The van der Waals surface area contributed by atoms with Gasteiger partial charge in [-0.3, -0.25) is 0 Å². The average molecular weight is 498 g/mol. The van der Waals surface area contributed by atoms with Crippen LogP contribution in [0, 0.1) is 0 Å². The smallest absolute Gasteiger partial charge is 0.386 e. The monoisotopic (exact) mass is 498 g/mol. The molecule has 0 bridgehead atoms. The Hall–Kier alpha value is -1.09. The second kappa shape index (κ2) is 6.45. The molecular formula is C8H3F17O3Si. The highest BCUT2D eigenvalue weighted by molar-refractivity contribution is 6.59. The van der Waals surface area contributed by atoms with Crippen LogP contribution in [0.3, 0.4) is 0 Å². The van der Waals surface area contributed by atoms with E-state index >= 15 is 0 Å². The van der Waals surface area contributed by atoms with Crippen LogP contribution in [0.1, 0.15) is 0 Å². The molecular weight excluding hydrogens is 495 g/mol. The fourth-order valence-corrected chi connectivity index (χ4v) is 1.95. The molecule has 0 aromatic rings. The maximum absolute atomic E-state index is 13.1. The summed E-state index contributed by atoms with van der Waals surface area (Å²) in [5.74, 6) is -51.5. The van der Waals surface area contributed by atoms with E-state index in [4.69, 9.17) is 14.4 Å². The molecule has 0 aliphatic rings. The number of hydrogen-bond acceptors (Lipinski definition) is 3. The van der Waals surface area contributed by atoms with Crippen LogP contribution in [0.2, 0.25) is 0 Å². The standard InChI is InChI=1S/C8H3F17O3Si/c9-1(10,3(13,14)5(17,18)7(21,22)23)2(11,12)4(15,16)6(19,20)8(24,25)29(26,27)28/h26-28H. The first-order chi connectivity index (χ1) is 12.0. The molecule has 0 saturated carbocycles. The summed E-state index contributed by atoms with van der Waals surface area (Å²) in [5.41, 5.74) is -7.56. The van der Waals surface area contributed by atoms with Crippen molar-refractivity contribution in [3.63, 3.8) is 0 Å². The lowest BCUT2D eigenvalue weighted by Crippen LogP contribution is -2.77. The Morgan fingerprint density at radius 3 is 0.759 bits per heavy atom. The molecule has 0 fully saturated rings. The highest BCUT2D eigenvalue weighted by Gasteiger charge is 2.96. The van der Waals surface area contributed by atoms with Crippen LogP contribution >= 0.6 is 0 Å². The summed E-state index contributed by atoms with van der Waals surface area (Å²) in [7, 11) is -8.04. The van der Waals surface area contributed by atoms with Crippen molar-refractivity contribution in [3.8, 4) is 0 Å². The predicted octanol–water partition coefficient (Wildman–Crippen LogP) is 3.45. The van der Waals surface area contributed by atoms with E-state index in [-0.39, 0.29) is 0 Å². The Balaban J connectivity index is 6.82. The highest BCUT2D eigenvalue weighted by Crippen LogP contribution is 2.64. The molecule has 0 aliphatic heterocycles. The van der Waals surface area contributed by atoms with Gasteiger partial charge in [-0.1, -0.05) is 0 Å². The molecule has 21 heteroatoms. The maximum atomic E-state index is 13.1. The zero-order valence-corrected chi connectivity index (χ0v) is 13.3. The number of hydrogen-bond donors (Lipinski definition) is 3. The van der Waals surface area contributed by atoms with Gasteiger partial charge in [-0.25, -0.2) is 0 Å². The Labute approximate surface area is 146 Å². The van der Waals surface area contributed by atoms with E-state index in [2.05, 4.69) is 0 Å². The van der Waals surface area contributed by atoms with Crippen LogP contribution in [-0.4, -0.2) is 70.4 Å². The molecule has 0 amide bonds. The van der Waals surface area contributed by atoms with Crippen molar-refractivity contribution in [1.29, 1.82) is 0 Å². The van der Waals surface area contributed by atoms with Crippen molar-refractivity contribution >= 4 is 8.80 Å². The Morgan fingerprint density at radius 2 is 0.552 bits per heavy atom. The average Bonchev–Trinajstić information content (AvgIpc) is 2.43. The third kappa shape index (κ3) is 3.32. The van der Waals surface area contributed by atoms with Crippen molar-refractivity contribution in [1.82, 2.24) is 0 Å². The Kier molecular flexibility index (Phi) is 6.21. The topological polar surface area (TPSA) is 60.7 Å². The number of alkyl halides is 17. The Morgan fingerprint density at radius 1 is 0.345 bits per heavy atom. The third-order valence-corrected chi connectivity index (χ3v) is 4.30. The molecule has 0 aliphatic carbocycles. The molecule has 0 atom stereocenters. The van der Waals surface area contributed by atoms with Crippen molar-refractivity contribution in [2.24, 2.45) is 0 Å². The lowest BCUT2D eigenvalue weighted by molar-refractivity contribution is -0.459. The molecule has 0 aromatic carbocycles. The van der Waals surface area contributed by atoms with Crippen LogP contribution in [0.4, 0.5) is 74.6 Å². The van der Waals surface area contributed by atoms with E-state index in [0.29, 0.717) is 0 Å². The van der Waals surface area contributed by atoms with Gasteiger partial charge in [0.15, 0.2) is 0 Å². The van der Waals surface area contributed by atoms with Gasteiger partial charge in [0.25, 0.3) is 0 Å². The van der Waals surface area contributed by atoms with Gasteiger partial charge >= 0.3 is 56.1 Å². The molecule has 29 heavy (non-hydrogen) atoms. The van der Waals surface area contributed by atoms with Gasteiger partial charge < -0.3 is 14.4 Å². The summed E-state index contributed by atoms with van der Waals surface area (Å²) in [6.07, 6.45) is -7.86. The largest absolute Gasteiger partial charge is 0.574 e. The van der Waals surface area contributed by atoms with Crippen molar-refractivity contribution in [2.75, 3.05) is 0 Å². The van der Waals surface area contributed by atoms with Gasteiger partial charge in [0.1, 0.15) is 0 Å². The summed E-state index contributed by atoms with van der Waals surface area (Å²) in [5, 5.41) is 0. The first kappa shape index (κ1) is 27.9. The van der Waals surface area contributed by atoms with Crippen LogP contribution < -0.4 is 0 Å². The van der Waals surface area contributed by atoms with Gasteiger partial charge in [-0.05, 0) is 0 Å². The van der Waals surface area contributed by atoms with Crippen molar-refractivity contribution < 1.29 is 89.0 Å². The lowest BCUT2D eigenvalue weighted by atomic mass is 9.91. The first-order valence-corrected chi connectivity index (χ1v) is 7.73. The summed E-state index contributed by atoms with van der Waals surface area (Å²) in [6, 6.07) is 0. The van der Waals surface area contributed by atoms with Gasteiger partial charge in [0, 0.05) is 0 Å². The molecule has 0 rings (SSSR count). The first-order valence-electron chi connectivity index (χ1n) is 5.88. The summed E-state index contributed by atoms with van der Waals surface area (Å²) < 4.78 is 216. The molecule has 3 N–H and O–H groups in total. The normalized spacial score (nSPS) is 17.0. The summed E-state index contributed by atoms with van der Waals surface area (Å²) in [4.78, 5) is 23.8. The zero-order chi connectivity index (χ0) is 24.5. The van der Waals surface area contributed by atoms with E-state index in [0.717, 1.165) is 0 Å². The molecule has 176 valence electrons. The molecule has 0 aromatic heterocycles. The van der Waals surface area contributed by atoms with Crippen molar-refractivity contribution in [2.45, 2.75) is 47.3 Å². The Bertz CT molecular complexity index is 565. The molecule has 0 saturated heterocycles. The molecule has 0 radical (unpaired) electrons. The van der Waals surface area contributed by atoms with E-state index in [1.807, 2.05) is 0 Å². The third-order valence-electron chi connectivity index (χ3n) is 3.14. The quantitative estimate of drug-likeness (QED) is 0.373. The van der Waals surface area contributed by atoms with E-state index in [9.17, 15) is 74.6 Å². The molecule has 0 spiro atoms. The molecule has 3 nitrogen and oxygen atoms in total. The van der Waals surface area contributed by atoms with Crippen LogP contribution in [0.5, 0.6) is 0 Å². The fraction of sp³-hybridized carbons (Fsp3) is 1.00. The molecule has 0 unspecified atom stereocenters. The van der Waals surface area contributed by atoms with E-state index in [1.54, 1.807) is 0 Å². The number of halogens is 17. The minimum absolute atomic E-state index is 7.56. The summed E-state index contributed by atoms with van der Waals surface area (Å²) >= 11 is 0. The second-order valence-corrected chi connectivity index (χ2v) is 7.05. The van der Waals surface area contributed by atoms with Gasteiger partial charge in [0.05, 0.1) is 0 Å². The zero-order valence-electron chi connectivity index (χ0n) is 12.3. The highest BCUT2D eigenvalue weighted by atomic mass is 28.4. The maximum Gasteiger partial charge on any atom is 0.574 e. The predicted molar refractivity (Wildman–Crippen MR) is 53.1 cm³/mol. The van der Waals surface area contributed by atoms with E-state index in [1.165, 1.54) is 0 Å². The van der Waals surface area contributed by atoms with Crippen LogP contribution in [0.25, 0.3) is 0 Å². The van der Waals surface area contributed by atoms with Gasteiger partial charge in [-0.2, -0.15) is 74.6 Å². The van der Waals surface area contributed by atoms with Crippen LogP contribution in [0.15, 0.2) is 0 Å². The number of rotatable bonds is 7. The fourth-order valence-electron chi connectivity index (χ4n) is 1.37. The summed E-state index contributed by atoms with van der Waals surface area (Å²) in [6.45, 7) is 0. The SMILES string of the molecule is O[Si](O)(O)C(F)(F)C(F)(F)C(F)(F)C(F)(F)C(F)(F)C(F)(F)C(F)(F)C(F)(F)F. The second-order valence-electron chi connectivity index (χ2n) is 5.15. The van der Waals surface area contributed by atoms with Gasteiger partial charge in [-0.15, -0.1) is 0 Å². The van der Waals surface area contributed by atoms with Gasteiger partial charge in [0.2, 0.25) is 0 Å². The van der Waals surface area contributed by atoms with Crippen LogP contribution in [-0.2, 0) is 0 Å².